The fourth-order valence-electron chi connectivity index (χ4n) is 13.4. The Balaban J connectivity index is 0.000000165. The van der Waals surface area contributed by atoms with Crippen molar-refractivity contribution in [1.29, 1.82) is 0 Å². The van der Waals surface area contributed by atoms with Crippen molar-refractivity contribution < 1.29 is 71.4 Å². The molecule has 102 heavy (non-hydrogen) atoms. The van der Waals surface area contributed by atoms with E-state index < -0.39 is 30.3 Å². The lowest BCUT2D eigenvalue weighted by Gasteiger charge is -2.38. The van der Waals surface area contributed by atoms with Crippen molar-refractivity contribution in [3.63, 3.8) is 0 Å². The zero-order chi connectivity index (χ0) is 72.7. The minimum atomic E-state index is -0.504. The molecule has 540 valence electrons. The second-order valence-corrected chi connectivity index (χ2v) is 26.7. The van der Waals surface area contributed by atoms with Crippen molar-refractivity contribution in [1.82, 2.24) is 29.4 Å². The smallest absolute Gasteiger partial charge is 0.339 e. The van der Waals surface area contributed by atoms with E-state index in [2.05, 4.69) is 133 Å². The van der Waals surface area contributed by atoms with E-state index in [-0.39, 0.29) is 110 Å². The van der Waals surface area contributed by atoms with Crippen molar-refractivity contribution in [3.05, 3.63) is 179 Å². The standard InChI is InChI=1S/3C27H32N2O5/c1-5-18(2)19-6-7-20-12-24-13-22(9-8-21(24)11-23(20)10-19)26(30)34-25-14-28(16-32-3)27(31)29(15-25)17-33-4;1-5-18(2)19-6-7-20-11-21-8-9-22(12-24(21)13-23(20)10-19)26(30)34-25-14-28(16-32-3)27(31)29(15-25)17-33-4;1-5-18(2)23-11-10-21-12-19-8-6-7-9-20(19)13-24(21)25(23)26(30)34-22-14-28(16-32-3)27(31)29(15-22)17-33-4/h2*6-13,18,25H,5,14-17H2,1-4H3;6-13,18,22H,5,14-17H2,1-4H3. The summed E-state index contributed by atoms with van der Waals surface area (Å²) < 4.78 is 48.5. The predicted molar refractivity (Wildman–Crippen MR) is 396 cm³/mol. The Kier molecular flexibility index (Phi) is 25.7. The largest absolute Gasteiger partial charge is 0.455 e. The van der Waals surface area contributed by atoms with Gasteiger partial charge < -0.3 is 42.6 Å². The molecule has 3 aliphatic rings. The van der Waals surface area contributed by atoms with Crippen LogP contribution in [-0.4, -0.2) is 206 Å². The van der Waals surface area contributed by atoms with Crippen LogP contribution < -0.4 is 0 Å². The zero-order valence-electron chi connectivity index (χ0n) is 60.7. The van der Waals surface area contributed by atoms with Crippen LogP contribution in [0.5, 0.6) is 0 Å². The number of methoxy groups -OCH3 is 6. The summed E-state index contributed by atoms with van der Waals surface area (Å²) in [4.78, 5) is 86.4. The van der Waals surface area contributed by atoms with Gasteiger partial charge in [-0.25, -0.2) is 28.8 Å². The Morgan fingerprint density at radius 1 is 0.343 bits per heavy atom. The fourth-order valence-corrected chi connectivity index (χ4v) is 13.4. The molecule has 3 saturated heterocycles. The third kappa shape index (κ3) is 17.7. The molecule has 3 unspecified atom stereocenters. The number of hydrogen-bond acceptors (Lipinski definition) is 15. The zero-order valence-corrected chi connectivity index (χ0v) is 60.7. The predicted octanol–water partition coefficient (Wildman–Crippen LogP) is 14.9. The van der Waals surface area contributed by atoms with Gasteiger partial charge in [0.1, 0.15) is 58.7 Å². The van der Waals surface area contributed by atoms with Crippen LogP contribution in [0.25, 0.3) is 64.6 Å². The van der Waals surface area contributed by atoms with Crippen LogP contribution in [-0.2, 0) is 42.6 Å². The molecule has 21 heteroatoms. The molecule has 3 atom stereocenters. The first-order chi connectivity index (χ1) is 49.3. The molecule has 0 N–H and O–H groups in total. The quantitative estimate of drug-likeness (QED) is 0.0313. The number of fused-ring (bicyclic) bond motifs is 6. The number of rotatable bonds is 24. The Bertz CT molecular complexity index is 4420. The van der Waals surface area contributed by atoms with Crippen molar-refractivity contribution in [2.45, 2.75) is 96.9 Å². The Hall–Kier alpha value is -9.48. The van der Waals surface area contributed by atoms with Gasteiger partial charge in [-0.2, -0.15) is 0 Å². The van der Waals surface area contributed by atoms with Gasteiger partial charge in [0, 0.05) is 42.7 Å². The van der Waals surface area contributed by atoms with Gasteiger partial charge in [-0.05, 0) is 179 Å². The minimum Gasteiger partial charge on any atom is -0.455 e. The number of nitrogens with zero attached hydrogens (tertiary/aromatic N) is 6. The molecule has 3 heterocycles. The van der Waals surface area contributed by atoms with Gasteiger partial charge in [0.05, 0.1) is 56.0 Å². The number of ether oxygens (including phenoxy) is 9. The lowest BCUT2D eigenvalue weighted by atomic mass is 9.89. The molecule has 9 aromatic rings. The van der Waals surface area contributed by atoms with Crippen molar-refractivity contribution >= 4 is 101 Å². The molecule has 21 nitrogen and oxygen atoms in total. The number of amides is 6. The van der Waals surface area contributed by atoms with Crippen LogP contribution >= 0.6 is 0 Å². The molecule has 0 radical (unpaired) electrons. The topological polar surface area (TPSA) is 205 Å². The average Bonchev–Trinajstić information content (AvgIpc) is 0.771. The number of esters is 3. The molecular formula is C81H96N6O15. The van der Waals surface area contributed by atoms with Crippen LogP contribution in [0, 0.1) is 0 Å². The summed E-state index contributed by atoms with van der Waals surface area (Å²) in [6.45, 7) is 15.4. The number of benzene rings is 9. The number of carbonyl (C=O) groups excluding carboxylic acids is 6. The molecule has 0 aromatic heterocycles. The molecule has 6 amide bonds. The SMILES string of the molecule is CCC(C)c1ccc2cc3cc(C(=O)OC4CN(COC)C(=O)N(COC)C4)ccc3cc2c1.CCC(C)c1ccc2cc3ccc(C(=O)OC4CN(COC)C(=O)N(COC)C4)cc3cc2c1.CCC(C)c1ccc2cc3ccccc3cc2c1C(=O)OC1CN(COC)C(=O)N(COC)C1. The molecular weight excluding hydrogens is 1300 g/mol. The minimum absolute atomic E-state index is 0.117. The summed E-state index contributed by atoms with van der Waals surface area (Å²) in [6, 6.07) is 48.8. The highest BCUT2D eigenvalue weighted by Gasteiger charge is 2.37. The number of urea groups is 3. The molecule has 3 aliphatic heterocycles. The number of hydrogen-bond donors (Lipinski definition) is 0. The van der Waals surface area contributed by atoms with Crippen molar-refractivity contribution in [2.24, 2.45) is 0 Å². The van der Waals surface area contributed by atoms with Crippen LogP contribution in [0.4, 0.5) is 14.4 Å². The molecule has 0 bridgehead atoms. The second-order valence-electron chi connectivity index (χ2n) is 26.7. The number of carbonyl (C=O) groups is 6. The first kappa shape index (κ1) is 75.2. The van der Waals surface area contributed by atoms with E-state index >= 15 is 0 Å². The van der Waals surface area contributed by atoms with Gasteiger partial charge in [-0.15, -0.1) is 0 Å². The molecule has 0 saturated carbocycles. The van der Waals surface area contributed by atoms with Crippen LogP contribution in [0.2, 0.25) is 0 Å². The van der Waals surface area contributed by atoms with Gasteiger partial charge >= 0.3 is 36.0 Å². The summed E-state index contributed by atoms with van der Waals surface area (Å²) in [5, 5.41) is 12.9. The first-order valence-electron chi connectivity index (χ1n) is 34.9. The normalized spacial score (nSPS) is 15.8. The van der Waals surface area contributed by atoms with E-state index in [1.807, 2.05) is 42.5 Å². The molecule has 0 spiro atoms. The third-order valence-corrected chi connectivity index (χ3v) is 19.4. The van der Waals surface area contributed by atoms with E-state index in [1.165, 1.54) is 94.0 Å². The maximum atomic E-state index is 13.7. The first-order valence-corrected chi connectivity index (χ1v) is 34.9. The van der Waals surface area contributed by atoms with Crippen molar-refractivity contribution in [2.75, 3.05) is 122 Å². The van der Waals surface area contributed by atoms with Crippen molar-refractivity contribution in [3.8, 4) is 0 Å². The highest BCUT2D eigenvalue weighted by Crippen LogP contribution is 2.35. The highest BCUT2D eigenvalue weighted by atomic mass is 16.6. The van der Waals surface area contributed by atoms with Crippen LogP contribution in [0.3, 0.4) is 0 Å². The fraction of sp³-hybridized carbons (Fsp3) is 0.407. The van der Waals surface area contributed by atoms with Gasteiger partial charge in [0.15, 0.2) is 0 Å². The van der Waals surface area contributed by atoms with Gasteiger partial charge in [-0.3, -0.25) is 29.4 Å². The summed E-state index contributed by atoms with van der Waals surface area (Å²) >= 11 is 0. The van der Waals surface area contributed by atoms with Crippen LogP contribution in [0.1, 0.15) is 126 Å². The molecule has 3 fully saturated rings. The van der Waals surface area contributed by atoms with E-state index in [0.717, 1.165) is 78.7 Å². The second kappa shape index (κ2) is 34.9. The molecule has 9 aromatic carbocycles. The monoisotopic (exact) mass is 1390 g/mol. The highest BCUT2D eigenvalue weighted by molar-refractivity contribution is 6.10. The van der Waals surface area contributed by atoms with Gasteiger partial charge in [-0.1, -0.05) is 126 Å². The van der Waals surface area contributed by atoms with E-state index in [9.17, 15) is 28.8 Å². The summed E-state index contributed by atoms with van der Waals surface area (Å²) in [6.07, 6.45) is 1.62. The van der Waals surface area contributed by atoms with E-state index in [4.69, 9.17) is 42.6 Å². The van der Waals surface area contributed by atoms with Crippen LogP contribution in [0.15, 0.2) is 146 Å². The maximum absolute atomic E-state index is 13.7. The molecule has 12 rings (SSSR count). The third-order valence-electron chi connectivity index (χ3n) is 19.4. The molecule has 0 aliphatic carbocycles. The Labute approximate surface area is 596 Å². The summed E-state index contributed by atoms with van der Waals surface area (Å²) in [7, 11) is 9.15. The lowest BCUT2D eigenvalue weighted by molar-refractivity contribution is -0.0401. The summed E-state index contributed by atoms with van der Waals surface area (Å²) in [5.74, 6) is 0.0188. The van der Waals surface area contributed by atoms with Gasteiger partial charge in [0.25, 0.3) is 0 Å². The average molecular weight is 1390 g/mol. The van der Waals surface area contributed by atoms with E-state index in [0.29, 0.717) is 28.5 Å². The van der Waals surface area contributed by atoms with E-state index in [1.54, 1.807) is 12.1 Å². The Morgan fingerprint density at radius 2 is 0.637 bits per heavy atom. The lowest BCUT2D eigenvalue weighted by Crippen LogP contribution is -2.57. The summed E-state index contributed by atoms with van der Waals surface area (Å²) in [5.41, 5.74) is 5.20. The Morgan fingerprint density at radius 3 is 1.00 bits per heavy atom. The van der Waals surface area contributed by atoms with Gasteiger partial charge in [0.2, 0.25) is 0 Å². The maximum Gasteiger partial charge on any atom is 0.339 e.